The predicted octanol–water partition coefficient (Wildman–Crippen LogP) is 3.26. The molecule has 0 radical (unpaired) electrons. The Morgan fingerprint density at radius 2 is 2.03 bits per heavy atom. The molecule has 0 aliphatic carbocycles. The molecule has 2 aromatic rings. The van der Waals surface area contributed by atoms with E-state index in [0.29, 0.717) is 11.0 Å². The molecule has 0 atom stereocenters. The first-order valence-electron chi connectivity index (χ1n) is 8.20. The molecule has 11 heteroatoms. The summed E-state index contributed by atoms with van der Waals surface area (Å²) in [5, 5.41) is 0. The molecule has 1 aromatic carbocycles. The number of ether oxygens (including phenoxy) is 1. The normalized spacial score (nSPS) is 11.3. The van der Waals surface area contributed by atoms with Crippen LogP contribution in [0.5, 0.6) is 5.75 Å². The van der Waals surface area contributed by atoms with Crippen LogP contribution in [0.1, 0.15) is 4.88 Å². The lowest BCUT2D eigenvalue weighted by Gasteiger charge is -2.15. The number of rotatable bonds is 5. The van der Waals surface area contributed by atoms with E-state index in [9.17, 15) is 18.4 Å². The second kappa shape index (κ2) is 7.72. The summed E-state index contributed by atoms with van der Waals surface area (Å²) in [5.74, 6) is 0.0253. The summed E-state index contributed by atoms with van der Waals surface area (Å²) in [5.41, 5.74) is -1.18. The molecule has 3 heterocycles. The Hall–Kier alpha value is -3.11. The fourth-order valence-electron chi connectivity index (χ4n) is 2.86. The number of alkyl halides is 2. The Labute approximate surface area is 170 Å². The van der Waals surface area contributed by atoms with Gasteiger partial charge in [0.25, 0.3) is 5.56 Å². The molecule has 29 heavy (non-hydrogen) atoms. The lowest BCUT2D eigenvalue weighted by Crippen LogP contribution is -2.36. The van der Waals surface area contributed by atoms with Crippen molar-refractivity contribution >= 4 is 22.9 Å². The molecule has 7 nitrogen and oxygen atoms in total. The molecule has 0 saturated heterocycles. The summed E-state index contributed by atoms with van der Waals surface area (Å²) in [6.45, 7) is -2.70. The molecule has 0 bridgehead atoms. The Morgan fingerprint density at radius 3 is 2.76 bits per heavy atom. The van der Waals surface area contributed by atoms with Gasteiger partial charge in [-0.2, -0.15) is 13.8 Å². The van der Waals surface area contributed by atoms with E-state index >= 15 is 0 Å². The topological polar surface area (TPSA) is 79.0 Å². The van der Waals surface area contributed by atoms with Crippen molar-refractivity contribution in [3.05, 3.63) is 79.0 Å². The average Bonchev–Trinajstić information content (AvgIpc) is 3.07. The van der Waals surface area contributed by atoms with Crippen LogP contribution >= 0.6 is 22.9 Å². The number of benzene rings is 1. The lowest BCUT2D eigenvalue weighted by atomic mass is 10.2. The molecule has 1 aromatic heterocycles. The van der Waals surface area contributed by atoms with E-state index < -0.39 is 17.9 Å². The van der Waals surface area contributed by atoms with Gasteiger partial charge in [0.1, 0.15) is 5.75 Å². The molecule has 2 aliphatic heterocycles. The van der Waals surface area contributed by atoms with Gasteiger partial charge in [0.15, 0.2) is 10.3 Å². The second-order valence-electron chi connectivity index (χ2n) is 5.86. The number of halogens is 3. The van der Waals surface area contributed by atoms with Crippen molar-refractivity contribution in [2.45, 2.75) is 13.2 Å². The lowest BCUT2D eigenvalue weighted by molar-refractivity contribution is -0.0498. The fraction of sp³-hybridized carbons (Fsp3) is 0.111. The molecule has 0 amide bonds. The van der Waals surface area contributed by atoms with Crippen LogP contribution in [0.2, 0.25) is 4.47 Å². The van der Waals surface area contributed by atoms with Gasteiger partial charge in [0.2, 0.25) is 0 Å². The van der Waals surface area contributed by atoms with E-state index in [1.54, 1.807) is 23.0 Å². The summed E-state index contributed by atoms with van der Waals surface area (Å²) in [6, 6.07) is 8.51. The summed E-state index contributed by atoms with van der Waals surface area (Å²) < 4.78 is 32.1. The largest absolute Gasteiger partial charge is 0.435 e. The monoisotopic (exact) mass is 436 g/mol. The van der Waals surface area contributed by atoms with E-state index in [2.05, 4.69) is 14.7 Å². The Morgan fingerprint density at radius 1 is 1.21 bits per heavy atom. The first kappa shape index (κ1) is 19.2. The molecule has 4 rings (SSSR count). The first-order valence-corrected chi connectivity index (χ1v) is 9.39. The number of hydrogen-bond acceptors (Lipinski definition) is 6. The van der Waals surface area contributed by atoms with Crippen LogP contribution in [-0.2, 0) is 6.54 Å². The van der Waals surface area contributed by atoms with E-state index in [4.69, 9.17) is 11.6 Å². The van der Waals surface area contributed by atoms with Crippen molar-refractivity contribution in [3.8, 4) is 22.8 Å². The summed E-state index contributed by atoms with van der Waals surface area (Å²) in [6.07, 6.45) is 3.29. The number of hydrogen-bond donors (Lipinski definition) is 0. The van der Waals surface area contributed by atoms with Crippen LogP contribution in [0.3, 0.4) is 0 Å². The summed E-state index contributed by atoms with van der Waals surface area (Å²) in [4.78, 5) is 34.4. The van der Waals surface area contributed by atoms with Crippen LogP contribution in [0.4, 0.5) is 8.78 Å². The molecule has 0 N–H and O–H groups in total. The highest BCUT2D eigenvalue weighted by atomic mass is 35.5. The molecule has 0 saturated carbocycles. The number of fused-ring (bicyclic) bond motifs is 1. The molecule has 0 unspecified atom stereocenters. The standard InChI is InChI=1S/C18H11ClF2N4O3S/c19-16-22-8-12(29-16)9-24-6-2-5-13-14(24)23-18(27)25(15(13)26)10-3-1-4-11(7-10)28-17(20)21/h1-8,17H,9H2. The zero-order chi connectivity index (χ0) is 20.5. The van der Waals surface area contributed by atoms with Gasteiger partial charge in [-0.3, -0.25) is 4.79 Å². The van der Waals surface area contributed by atoms with E-state index in [1.165, 1.54) is 41.7 Å². The third-order valence-corrected chi connectivity index (χ3v) is 5.12. The minimum atomic E-state index is -3.03. The summed E-state index contributed by atoms with van der Waals surface area (Å²) >= 11 is 7.13. The van der Waals surface area contributed by atoms with Gasteiger partial charge in [-0.15, -0.1) is 11.3 Å². The van der Waals surface area contributed by atoms with Gasteiger partial charge in [-0.1, -0.05) is 17.7 Å². The second-order valence-corrected chi connectivity index (χ2v) is 7.56. The van der Waals surface area contributed by atoms with Crippen LogP contribution in [0, 0.1) is 0 Å². The minimum absolute atomic E-state index is 0.0807. The Bertz CT molecular complexity index is 1270. The SMILES string of the molecule is O=c1nc2n(Cc3cnc(Cl)s3)cccc-2c(=O)n1-c1cccc(OC(F)F)c1. The number of nitrogens with zero attached hydrogens (tertiary/aromatic N) is 4. The molecular formula is C18H11ClF2N4O3S. The zero-order valence-electron chi connectivity index (χ0n) is 14.5. The number of aromatic nitrogens is 4. The maximum Gasteiger partial charge on any atom is 0.387 e. The maximum absolute atomic E-state index is 13.0. The van der Waals surface area contributed by atoms with Gasteiger partial charge in [0, 0.05) is 23.3 Å². The number of pyridine rings is 1. The smallest absolute Gasteiger partial charge is 0.387 e. The maximum atomic E-state index is 13.0. The van der Waals surface area contributed by atoms with Crippen molar-refractivity contribution in [1.82, 2.24) is 19.1 Å². The molecule has 0 spiro atoms. The van der Waals surface area contributed by atoms with Crippen LogP contribution in [0.15, 0.2) is 58.4 Å². The summed E-state index contributed by atoms with van der Waals surface area (Å²) in [7, 11) is 0. The third-order valence-electron chi connectivity index (χ3n) is 4.02. The van der Waals surface area contributed by atoms with Gasteiger partial charge < -0.3 is 9.30 Å². The van der Waals surface area contributed by atoms with E-state index in [-0.39, 0.29) is 22.8 Å². The van der Waals surface area contributed by atoms with Crippen molar-refractivity contribution < 1.29 is 13.5 Å². The minimum Gasteiger partial charge on any atom is -0.435 e. The third kappa shape index (κ3) is 3.89. The molecule has 148 valence electrons. The highest BCUT2D eigenvalue weighted by molar-refractivity contribution is 7.15. The zero-order valence-corrected chi connectivity index (χ0v) is 16.0. The Kier molecular flexibility index (Phi) is 5.12. The number of thiazole rings is 1. The van der Waals surface area contributed by atoms with Crippen LogP contribution in [0.25, 0.3) is 17.1 Å². The highest BCUT2D eigenvalue weighted by Gasteiger charge is 2.19. The highest BCUT2D eigenvalue weighted by Crippen LogP contribution is 2.22. The van der Waals surface area contributed by atoms with Gasteiger partial charge in [0.05, 0.1) is 17.8 Å². The predicted molar refractivity (Wildman–Crippen MR) is 104 cm³/mol. The quantitative estimate of drug-likeness (QED) is 0.480. The van der Waals surface area contributed by atoms with Gasteiger partial charge >= 0.3 is 12.3 Å². The van der Waals surface area contributed by atoms with E-state index in [1.807, 2.05) is 0 Å². The Balaban J connectivity index is 1.83. The molecular weight excluding hydrogens is 426 g/mol. The van der Waals surface area contributed by atoms with Crippen molar-refractivity contribution in [1.29, 1.82) is 0 Å². The molecule has 0 fully saturated rings. The van der Waals surface area contributed by atoms with Crippen molar-refractivity contribution in [2.24, 2.45) is 0 Å². The van der Waals surface area contributed by atoms with Crippen molar-refractivity contribution in [3.63, 3.8) is 0 Å². The molecule has 2 aliphatic rings. The van der Waals surface area contributed by atoms with Crippen LogP contribution < -0.4 is 16.0 Å². The van der Waals surface area contributed by atoms with Gasteiger partial charge in [-0.25, -0.2) is 14.3 Å². The van der Waals surface area contributed by atoms with E-state index in [0.717, 1.165) is 9.44 Å². The fourth-order valence-corrected chi connectivity index (χ4v) is 3.84. The van der Waals surface area contributed by atoms with Gasteiger partial charge in [-0.05, 0) is 24.3 Å². The van der Waals surface area contributed by atoms with Crippen molar-refractivity contribution in [2.75, 3.05) is 0 Å². The van der Waals surface area contributed by atoms with Crippen LogP contribution in [-0.4, -0.2) is 25.7 Å². The average molecular weight is 437 g/mol. The first-order chi connectivity index (χ1) is 13.9.